The number of ether oxygens (including phenoxy) is 1. The lowest BCUT2D eigenvalue weighted by Crippen LogP contribution is -2.47. The van der Waals surface area contributed by atoms with Crippen LogP contribution < -0.4 is 10.6 Å². The van der Waals surface area contributed by atoms with Crippen LogP contribution in [0.2, 0.25) is 0 Å². The van der Waals surface area contributed by atoms with Gasteiger partial charge < -0.3 is 15.4 Å². The molecular weight excluding hydrogens is 373 g/mol. The van der Waals surface area contributed by atoms with Crippen molar-refractivity contribution in [1.82, 2.24) is 10.6 Å². The monoisotopic (exact) mass is 393 g/mol. The molecule has 4 nitrogen and oxygen atoms in total. The van der Waals surface area contributed by atoms with Gasteiger partial charge in [0.25, 0.3) is 0 Å². The number of rotatable bonds is 3. The van der Waals surface area contributed by atoms with Crippen LogP contribution >= 0.6 is 35.3 Å². The van der Waals surface area contributed by atoms with Gasteiger partial charge in [-0.3, -0.25) is 4.99 Å². The second-order valence-corrected chi connectivity index (χ2v) is 5.90. The minimum absolute atomic E-state index is 0. The van der Waals surface area contributed by atoms with Gasteiger partial charge in [-0.2, -0.15) is 0 Å². The van der Waals surface area contributed by atoms with Crippen molar-refractivity contribution in [3.05, 3.63) is 22.4 Å². The van der Waals surface area contributed by atoms with Gasteiger partial charge in [-0.1, -0.05) is 6.07 Å². The summed E-state index contributed by atoms with van der Waals surface area (Å²) in [6.07, 6.45) is 4.39. The second-order valence-electron chi connectivity index (χ2n) is 4.87. The van der Waals surface area contributed by atoms with Crippen LogP contribution in [0.15, 0.2) is 22.5 Å². The highest BCUT2D eigenvalue weighted by molar-refractivity contribution is 14.0. The van der Waals surface area contributed by atoms with Crippen molar-refractivity contribution in [2.45, 2.75) is 44.1 Å². The van der Waals surface area contributed by atoms with Crippen molar-refractivity contribution in [1.29, 1.82) is 0 Å². The third-order valence-corrected chi connectivity index (χ3v) is 4.54. The van der Waals surface area contributed by atoms with E-state index in [0.29, 0.717) is 18.2 Å². The Labute approximate surface area is 135 Å². The molecule has 2 bridgehead atoms. The van der Waals surface area contributed by atoms with Crippen LogP contribution in [-0.2, 0) is 11.3 Å². The van der Waals surface area contributed by atoms with E-state index < -0.39 is 0 Å². The fraction of sp³-hybridized carbons (Fsp3) is 0.615. The van der Waals surface area contributed by atoms with E-state index in [2.05, 4.69) is 33.1 Å². The minimum atomic E-state index is 0. The van der Waals surface area contributed by atoms with Gasteiger partial charge in [-0.05, 0) is 30.7 Å². The molecule has 0 saturated carbocycles. The number of fused-ring (bicyclic) bond motifs is 2. The van der Waals surface area contributed by atoms with E-state index in [0.717, 1.165) is 18.9 Å². The molecule has 3 heterocycles. The van der Waals surface area contributed by atoms with Crippen molar-refractivity contribution < 1.29 is 4.74 Å². The lowest BCUT2D eigenvalue weighted by Gasteiger charge is -2.22. The van der Waals surface area contributed by atoms with E-state index >= 15 is 0 Å². The Morgan fingerprint density at radius 2 is 2.42 bits per heavy atom. The van der Waals surface area contributed by atoms with Crippen molar-refractivity contribution in [3.63, 3.8) is 0 Å². The van der Waals surface area contributed by atoms with Gasteiger partial charge in [-0.25, -0.2) is 0 Å². The maximum Gasteiger partial charge on any atom is 0.191 e. The standard InChI is InChI=1S/C13H19N3OS.HI/c1-14-13(15-8-10-3-2-6-18-10)16-11-7-9-4-5-12(11)17-9;/h2-3,6,9,11-12H,4-5,7-8H2,1H3,(H2,14,15,16);1H. The molecule has 0 spiro atoms. The Hall–Kier alpha value is -0.340. The summed E-state index contributed by atoms with van der Waals surface area (Å²) in [5, 5.41) is 8.92. The summed E-state index contributed by atoms with van der Waals surface area (Å²) in [6.45, 7) is 0.832. The molecule has 2 fully saturated rings. The maximum atomic E-state index is 5.84. The van der Waals surface area contributed by atoms with Crippen molar-refractivity contribution in [2.24, 2.45) is 4.99 Å². The number of nitrogens with one attached hydrogen (secondary N) is 2. The zero-order chi connectivity index (χ0) is 12.4. The highest BCUT2D eigenvalue weighted by Gasteiger charge is 2.41. The van der Waals surface area contributed by atoms with Crippen LogP contribution in [0.1, 0.15) is 24.1 Å². The third-order valence-electron chi connectivity index (χ3n) is 3.66. The molecule has 2 aliphatic rings. The Bertz CT molecular complexity index is 424. The molecule has 3 rings (SSSR count). The predicted molar refractivity (Wildman–Crippen MR) is 89.4 cm³/mol. The first-order chi connectivity index (χ1) is 8.85. The summed E-state index contributed by atoms with van der Waals surface area (Å²) < 4.78 is 5.84. The lowest BCUT2D eigenvalue weighted by molar-refractivity contribution is 0.0992. The average Bonchev–Trinajstić information content (AvgIpc) is 3.10. The number of hydrogen-bond donors (Lipinski definition) is 2. The van der Waals surface area contributed by atoms with Crippen LogP contribution in [0.3, 0.4) is 0 Å². The van der Waals surface area contributed by atoms with Crippen molar-refractivity contribution >= 4 is 41.3 Å². The highest BCUT2D eigenvalue weighted by Crippen LogP contribution is 2.34. The lowest BCUT2D eigenvalue weighted by atomic mass is 9.96. The van der Waals surface area contributed by atoms with Gasteiger partial charge in [-0.15, -0.1) is 35.3 Å². The maximum absolute atomic E-state index is 5.84. The summed E-state index contributed by atoms with van der Waals surface area (Å²) >= 11 is 1.76. The van der Waals surface area contributed by atoms with Gasteiger partial charge >= 0.3 is 0 Å². The molecule has 0 amide bonds. The number of thiophene rings is 1. The first-order valence-corrected chi connectivity index (χ1v) is 7.38. The second kappa shape index (κ2) is 6.90. The largest absolute Gasteiger partial charge is 0.373 e. The fourth-order valence-electron chi connectivity index (χ4n) is 2.74. The Morgan fingerprint density at radius 1 is 1.53 bits per heavy atom. The van der Waals surface area contributed by atoms with Crippen LogP contribution in [0.4, 0.5) is 0 Å². The first kappa shape index (κ1) is 15.1. The molecule has 0 aromatic carbocycles. The summed E-state index contributed by atoms with van der Waals surface area (Å²) in [7, 11) is 1.82. The molecule has 0 aliphatic carbocycles. The Kier molecular flexibility index (Phi) is 5.47. The van der Waals surface area contributed by atoms with E-state index in [1.54, 1.807) is 11.3 Å². The average molecular weight is 393 g/mol. The quantitative estimate of drug-likeness (QED) is 0.471. The summed E-state index contributed by atoms with van der Waals surface area (Å²) in [6, 6.07) is 4.63. The molecule has 0 radical (unpaired) electrons. The molecule has 1 aromatic heterocycles. The zero-order valence-electron chi connectivity index (χ0n) is 11.0. The Morgan fingerprint density at radius 3 is 3.00 bits per heavy atom. The Balaban J connectivity index is 0.00000133. The van der Waals surface area contributed by atoms with Gasteiger partial charge in [0.2, 0.25) is 0 Å². The molecule has 3 atom stereocenters. The summed E-state index contributed by atoms with van der Waals surface area (Å²) in [5.74, 6) is 0.879. The summed E-state index contributed by atoms with van der Waals surface area (Å²) in [4.78, 5) is 5.60. The predicted octanol–water partition coefficient (Wildman–Crippen LogP) is 2.35. The smallest absolute Gasteiger partial charge is 0.191 e. The van der Waals surface area contributed by atoms with Crippen LogP contribution in [0.5, 0.6) is 0 Å². The third kappa shape index (κ3) is 3.61. The van der Waals surface area contributed by atoms with Crippen LogP contribution in [0, 0.1) is 0 Å². The van der Waals surface area contributed by atoms with Crippen molar-refractivity contribution in [2.75, 3.05) is 7.05 Å². The van der Waals surface area contributed by atoms with E-state index in [4.69, 9.17) is 4.74 Å². The molecule has 2 saturated heterocycles. The molecule has 2 aliphatic heterocycles. The fourth-order valence-corrected chi connectivity index (χ4v) is 3.39. The highest BCUT2D eigenvalue weighted by atomic mass is 127. The number of aliphatic imine (C=N–C) groups is 1. The molecule has 106 valence electrons. The van der Waals surface area contributed by atoms with E-state index in [9.17, 15) is 0 Å². The molecular formula is C13H20IN3OS. The normalized spacial score (nSPS) is 29.1. The molecule has 1 aromatic rings. The molecule has 2 N–H and O–H groups in total. The van der Waals surface area contributed by atoms with Crippen LogP contribution in [0.25, 0.3) is 0 Å². The molecule has 6 heteroatoms. The zero-order valence-corrected chi connectivity index (χ0v) is 14.1. The topological polar surface area (TPSA) is 45.7 Å². The van der Waals surface area contributed by atoms with E-state index in [-0.39, 0.29) is 24.0 Å². The van der Waals surface area contributed by atoms with Gasteiger partial charge in [0, 0.05) is 11.9 Å². The van der Waals surface area contributed by atoms with Gasteiger partial charge in [0.05, 0.1) is 24.8 Å². The van der Waals surface area contributed by atoms with Crippen molar-refractivity contribution in [3.8, 4) is 0 Å². The number of halogens is 1. The number of guanidine groups is 1. The molecule has 19 heavy (non-hydrogen) atoms. The van der Waals surface area contributed by atoms with E-state index in [1.165, 1.54) is 17.7 Å². The van der Waals surface area contributed by atoms with Crippen LogP contribution in [-0.4, -0.2) is 31.3 Å². The number of hydrogen-bond acceptors (Lipinski definition) is 3. The van der Waals surface area contributed by atoms with E-state index in [1.807, 2.05) is 7.05 Å². The molecule has 3 unspecified atom stereocenters. The first-order valence-electron chi connectivity index (χ1n) is 6.50. The van der Waals surface area contributed by atoms with Gasteiger partial charge in [0.1, 0.15) is 0 Å². The SMILES string of the molecule is CN=C(NCc1cccs1)NC1CC2CCC1O2.I. The summed E-state index contributed by atoms with van der Waals surface area (Å²) in [5.41, 5.74) is 0. The van der Waals surface area contributed by atoms with Gasteiger partial charge in [0.15, 0.2) is 5.96 Å². The number of nitrogens with zero attached hydrogens (tertiary/aromatic N) is 1. The minimum Gasteiger partial charge on any atom is -0.373 e.